The van der Waals surface area contributed by atoms with Gasteiger partial charge >= 0.3 is 21.0 Å². The van der Waals surface area contributed by atoms with Crippen LogP contribution in [0, 0.1) is 0 Å². The molecule has 0 saturated heterocycles. The number of carbonyl (C=O) groups is 1. The van der Waals surface area contributed by atoms with Crippen molar-refractivity contribution >= 4 is 21.0 Å². The van der Waals surface area contributed by atoms with Gasteiger partial charge in [-0.05, 0) is 0 Å². The lowest BCUT2D eigenvalue weighted by Gasteiger charge is -2.19. The van der Waals surface area contributed by atoms with Gasteiger partial charge < -0.3 is 9.05 Å². The summed E-state index contributed by atoms with van der Waals surface area (Å²) in [6.07, 6.45) is 2.62. The first-order chi connectivity index (χ1) is 8.87. The molecule has 0 atom stereocenters. The molecule has 0 rings (SSSR count). The van der Waals surface area contributed by atoms with Crippen LogP contribution in [0.5, 0.6) is 0 Å². The number of rotatable bonds is 10. The first kappa shape index (κ1) is 18.2. The van der Waals surface area contributed by atoms with E-state index >= 15 is 0 Å². The van der Waals surface area contributed by atoms with Gasteiger partial charge in [-0.1, -0.05) is 12.2 Å². The second kappa shape index (κ2) is 8.43. The minimum atomic E-state index is -4.07. The van der Waals surface area contributed by atoms with Crippen molar-refractivity contribution in [2.45, 2.75) is 0 Å². The predicted molar refractivity (Wildman–Crippen MR) is 70.1 cm³/mol. The lowest BCUT2D eigenvalue weighted by atomic mass is 10.7. The van der Waals surface area contributed by atoms with Gasteiger partial charge in [0.05, 0.1) is 13.2 Å². The number of amides is 1. The van der Waals surface area contributed by atoms with Gasteiger partial charge in [0, 0.05) is 14.2 Å². The molecule has 1 amide bonds. The standard InChI is InChI=1S/C9H17NO7P2/c1-5-7-16-19(13,17-8-6-2)10-9(11)18(12,14-3)15-4/h5-6H,1-2,7-8H2,3-4H3,(H,10,11,13). The average Bonchev–Trinajstić information content (AvgIpc) is 2.42. The molecular formula is C9H17NO7P2. The highest BCUT2D eigenvalue weighted by atomic mass is 31.2. The zero-order chi connectivity index (χ0) is 14.9. The Morgan fingerprint density at radius 3 is 1.84 bits per heavy atom. The van der Waals surface area contributed by atoms with E-state index in [0.717, 1.165) is 14.2 Å². The van der Waals surface area contributed by atoms with E-state index in [9.17, 15) is 13.9 Å². The molecule has 0 radical (unpaired) electrons. The van der Waals surface area contributed by atoms with Crippen molar-refractivity contribution in [1.82, 2.24) is 5.09 Å². The highest BCUT2D eigenvalue weighted by Gasteiger charge is 2.39. The van der Waals surface area contributed by atoms with Crippen LogP contribution >= 0.6 is 15.3 Å². The Labute approximate surface area is 111 Å². The highest BCUT2D eigenvalue weighted by molar-refractivity contribution is 7.73. The van der Waals surface area contributed by atoms with Crippen molar-refractivity contribution in [1.29, 1.82) is 0 Å². The zero-order valence-corrected chi connectivity index (χ0v) is 12.5. The maximum atomic E-state index is 12.1. The molecule has 0 aliphatic heterocycles. The van der Waals surface area contributed by atoms with E-state index in [4.69, 9.17) is 9.05 Å². The number of hydrogen-bond acceptors (Lipinski definition) is 7. The van der Waals surface area contributed by atoms with Crippen LogP contribution in [0.15, 0.2) is 25.3 Å². The molecule has 0 saturated carbocycles. The van der Waals surface area contributed by atoms with E-state index in [1.54, 1.807) is 0 Å². The zero-order valence-electron chi connectivity index (χ0n) is 10.7. The average molecular weight is 313 g/mol. The molecule has 0 aromatic heterocycles. The Bertz CT molecular complexity index is 399. The third kappa shape index (κ3) is 5.82. The van der Waals surface area contributed by atoms with E-state index < -0.39 is 21.0 Å². The molecule has 110 valence electrons. The first-order valence-corrected chi connectivity index (χ1v) is 8.11. The number of hydrogen-bond donors (Lipinski definition) is 1. The summed E-state index contributed by atoms with van der Waals surface area (Å²) in [6.45, 7) is 6.45. The summed E-state index contributed by atoms with van der Waals surface area (Å²) in [7, 11) is -6.04. The van der Waals surface area contributed by atoms with Crippen molar-refractivity contribution in [2.75, 3.05) is 27.4 Å². The molecule has 8 nitrogen and oxygen atoms in total. The van der Waals surface area contributed by atoms with Gasteiger partial charge in [0.2, 0.25) is 0 Å². The molecular weight excluding hydrogens is 296 g/mol. The van der Waals surface area contributed by atoms with Crippen molar-refractivity contribution in [2.24, 2.45) is 0 Å². The van der Waals surface area contributed by atoms with Gasteiger partial charge in [0.1, 0.15) is 0 Å². The third-order valence-corrected chi connectivity index (χ3v) is 4.89. The first-order valence-electron chi connectivity index (χ1n) is 5.02. The Hall–Kier alpha value is -0.750. The van der Waals surface area contributed by atoms with Crippen LogP contribution in [-0.2, 0) is 27.2 Å². The summed E-state index contributed by atoms with van der Waals surface area (Å²) in [6, 6.07) is 0. The number of nitrogens with one attached hydrogen (secondary N) is 1. The van der Waals surface area contributed by atoms with Crippen LogP contribution < -0.4 is 5.09 Å². The Morgan fingerprint density at radius 2 is 1.53 bits per heavy atom. The smallest absolute Gasteiger partial charge is 0.305 e. The molecule has 0 bridgehead atoms. The molecule has 0 aliphatic carbocycles. The Morgan fingerprint density at radius 1 is 1.11 bits per heavy atom. The fraction of sp³-hybridized carbons (Fsp3) is 0.444. The van der Waals surface area contributed by atoms with Crippen LogP contribution in [0.2, 0.25) is 0 Å². The summed E-state index contributed by atoms with van der Waals surface area (Å²) in [5.74, 6) is 0. The van der Waals surface area contributed by atoms with Crippen molar-refractivity contribution < 1.29 is 32.0 Å². The van der Waals surface area contributed by atoms with Gasteiger partial charge in [-0.15, -0.1) is 13.2 Å². The van der Waals surface area contributed by atoms with Crippen LogP contribution in [0.4, 0.5) is 4.79 Å². The lowest BCUT2D eigenvalue weighted by molar-refractivity contribution is 0.216. The lowest BCUT2D eigenvalue weighted by Crippen LogP contribution is -2.23. The Balaban J connectivity index is 4.95. The summed E-state index contributed by atoms with van der Waals surface area (Å²) in [5, 5.41) is 1.87. The van der Waals surface area contributed by atoms with E-state index in [1.165, 1.54) is 12.2 Å². The van der Waals surface area contributed by atoms with Crippen molar-refractivity contribution in [3.8, 4) is 0 Å². The van der Waals surface area contributed by atoms with E-state index in [1.807, 2.05) is 5.09 Å². The topological polar surface area (TPSA) is 100 Å². The maximum absolute atomic E-state index is 12.1. The molecule has 0 fully saturated rings. The van der Waals surface area contributed by atoms with Gasteiger partial charge in [0.25, 0.3) is 0 Å². The largest absolute Gasteiger partial charge is 0.436 e. The molecule has 0 aliphatic rings. The normalized spacial score (nSPS) is 11.9. The van der Waals surface area contributed by atoms with Crippen LogP contribution in [0.1, 0.15) is 0 Å². The minimum Gasteiger partial charge on any atom is -0.305 e. The second-order valence-electron chi connectivity index (χ2n) is 2.95. The third-order valence-electron chi connectivity index (χ3n) is 1.69. The maximum Gasteiger partial charge on any atom is 0.436 e. The van der Waals surface area contributed by atoms with Gasteiger partial charge in [0.15, 0.2) is 0 Å². The fourth-order valence-electron chi connectivity index (χ4n) is 0.822. The van der Waals surface area contributed by atoms with Crippen molar-refractivity contribution in [3.63, 3.8) is 0 Å². The minimum absolute atomic E-state index is 0.140. The van der Waals surface area contributed by atoms with E-state index in [0.29, 0.717) is 0 Å². The van der Waals surface area contributed by atoms with Gasteiger partial charge in [-0.2, -0.15) is 0 Å². The number of carbonyl (C=O) groups excluding carboxylic acids is 1. The van der Waals surface area contributed by atoms with Crippen LogP contribution in [0.3, 0.4) is 0 Å². The monoisotopic (exact) mass is 313 g/mol. The second-order valence-corrected chi connectivity index (χ2v) is 6.81. The quantitative estimate of drug-likeness (QED) is 0.489. The SMILES string of the molecule is C=CCOP(=O)(NC(=O)P(=O)(OC)OC)OCC=C. The molecule has 10 heteroatoms. The summed E-state index contributed by atoms with van der Waals surface area (Å²) in [5.41, 5.74) is -1.23. The molecule has 0 unspecified atom stereocenters. The summed E-state index contributed by atoms with van der Waals surface area (Å²) < 4.78 is 42.4. The summed E-state index contributed by atoms with van der Waals surface area (Å²) in [4.78, 5) is 11.7. The molecule has 0 aromatic carbocycles. The molecule has 0 heterocycles. The predicted octanol–water partition coefficient (Wildman–Crippen LogP) is 2.70. The van der Waals surface area contributed by atoms with E-state index in [2.05, 4.69) is 22.2 Å². The van der Waals surface area contributed by atoms with Crippen molar-refractivity contribution in [3.05, 3.63) is 25.3 Å². The van der Waals surface area contributed by atoms with Gasteiger partial charge in [-0.3, -0.25) is 18.9 Å². The molecule has 19 heavy (non-hydrogen) atoms. The van der Waals surface area contributed by atoms with Crippen LogP contribution in [0.25, 0.3) is 0 Å². The molecule has 0 aromatic rings. The Kier molecular flexibility index (Phi) is 8.09. The van der Waals surface area contributed by atoms with E-state index in [-0.39, 0.29) is 13.2 Å². The molecule has 0 spiro atoms. The summed E-state index contributed by atoms with van der Waals surface area (Å²) >= 11 is 0. The van der Waals surface area contributed by atoms with Crippen LogP contribution in [-0.4, -0.2) is 33.1 Å². The van der Waals surface area contributed by atoms with Gasteiger partial charge in [-0.25, -0.2) is 9.13 Å². The molecule has 1 N–H and O–H groups in total. The highest BCUT2D eigenvalue weighted by Crippen LogP contribution is 2.52. The fourth-order valence-corrected chi connectivity index (χ4v) is 3.20.